The number of carbonyl (C=O) groups is 1. The lowest BCUT2D eigenvalue weighted by atomic mass is 10.0. The standard InChI is InChI=1S/C10H9BrF2O/c11-8-3-4-9(10(12)13)7(6-8)2-1-5-14/h3-6,10H,1-2H2. The van der Waals surface area contributed by atoms with Gasteiger partial charge in [-0.15, -0.1) is 0 Å². The average molecular weight is 263 g/mol. The van der Waals surface area contributed by atoms with Gasteiger partial charge in [-0.3, -0.25) is 0 Å². The summed E-state index contributed by atoms with van der Waals surface area (Å²) in [6.45, 7) is 0. The van der Waals surface area contributed by atoms with Crippen LogP contribution in [0.25, 0.3) is 0 Å². The Morgan fingerprint density at radius 1 is 1.43 bits per heavy atom. The summed E-state index contributed by atoms with van der Waals surface area (Å²) in [4.78, 5) is 10.1. The van der Waals surface area contributed by atoms with E-state index >= 15 is 0 Å². The Labute approximate surface area is 89.3 Å². The van der Waals surface area contributed by atoms with Gasteiger partial charge in [0.1, 0.15) is 6.29 Å². The Morgan fingerprint density at radius 2 is 2.14 bits per heavy atom. The quantitative estimate of drug-likeness (QED) is 0.759. The second-order valence-electron chi connectivity index (χ2n) is 2.85. The smallest absolute Gasteiger partial charge is 0.264 e. The van der Waals surface area contributed by atoms with E-state index in [4.69, 9.17) is 0 Å². The molecule has 0 saturated carbocycles. The molecule has 0 aliphatic heterocycles. The lowest BCUT2D eigenvalue weighted by molar-refractivity contribution is -0.107. The Hall–Kier alpha value is -0.770. The largest absolute Gasteiger partial charge is 0.303 e. The van der Waals surface area contributed by atoms with Crippen molar-refractivity contribution in [2.45, 2.75) is 19.3 Å². The van der Waals surface area contributed by atoms with E-state index in [1.165, 1.54) is 6.07 Å². The molecule has 0 fully saturated rings. The highest BCUT2D eigenvalue weighted by atomic mass is 79.9. The van der Waals surface area contributed by atoms with E-state index in [1.54, 1.807) is 12.1 Å². The van der Waals surface area contributed by atoms with Crippen LogP contribution in [0, 0.1) is 0 Å². The average Bonchev–Trinajstić information content (AvgIpc) is 2.14. The number of benzene rings is 1. The van der Waals surface area contributed by atoms with Gasteiger partial charge in [0, 0.05) is 16.5 Å². The molecule has 0 spiro atoms. The molecule has 0 radical (unpaired) electrons. The zero-order valence-corrected chi connectivity index (χ0v) is 8.93. The molecule has 1 aromatic carbocycles. The number of hydrogen-bond acceptors (Lipinski definition) is 1. The first-order chi connectivity index (χ1) is 6.65. The van der Waals surface area contributed by atoms with Crippen molar-refractivity contribution in [3.8, 4) is 0 Å². The van der Waals surface area contributed by atoms with Crippen molar-refractivity contribution in [2.75, 3.05) is 0 Å². The van der Waals surface area contributed by atoms with Gasteiger partial charge in [0.25, 0.3) is 6.43 Å². The van der Waals surface area contributed by atoms with E-state index in [-0.39, 0.29) is 12.0 Å². The molecule has 1 nitrogen and oxygen atoms in total. The van der Waals surface area contributed by atoms with Gasteiger partial charge in [-0.05, 0) is 24.1 Å². The van der Waals surface area contributed by atoms with Crippen LogP contribution in [-0.4, -0.2) is 6.29 Å². The van der Waals surface area contributed by atoms with Crippen molar-refractivity contribution in [3.63, 3.8) is 0 Å². The van der Waals surface area contributed by atoms with Crippen molar-refractivity contribution < 1.29 is 13.6 Å². The predicted molar refractivity (Wildman–Crippen MR) is 53.5 cm³/mol. The second kappa shape index (κ2) is 5.20. The third-order valence-corrected chi connectivity index (χ3v) is 2.36. The molecule has 1 aromatic rings. The van der Waals surface area contributed by atoms with Crippen molar-refractivity contribution in [1.29, 1.82) is 0 Å². The summed E-state index contributed by atoms with van der Waals surface area (Å²) >= 11 is 3.20. The van der Waals surface area contributed by atoms with Crippen LogP contribution in [0.3, 0.4) is 0 Å². The fraction of sp³-hybridized carbons (Fsp3) is 0.300. The molecule has 1 rings (SSSR count). The van der Waals surface area contributed by atoms with E-state index in [0.717, 1.165) is 10.8 Å². The van der Waals surface area contributed by atoms with E-state index in [2.05, 4.69) is 15.9 Å². The highest BCUT2D eigenvalue weighted by Crippen LogP contribution is 2.26. The lowest BCUT2D eigenvalue weighted by Gasteiger charge is -2.07. The molecule has 0 unspecified atom stereocenters. The molecule has 0 atom stereocenters. The summed E-state index contributed by atoms with van der Waals surface area (Å²) in [5.41, 5.74) is 0.538. The van der Waals surface area contributed by atoms with Crippen LogP contribution >= 0.6 is 15.9 Å². The van der Waals surface area contributed by atoms with Crippen LogP contribution in [0.4, 0.5) is 8.78 Å². The van der Waals surface area contributed by atoms with Gasteiger partial charge in [-0.1, -0.05) is 22.0 Å². The number of halogens is 3. The molecular weight excluding hydrogens is 254 g/mol. The zero-order valence-electron chi connectivity index (χ0n) is 7.34. The molecule has 0 N–H and O–H groups in total. The van der Waals surface area contributed by atoms with Crippen molar-refractivity contribution in [2.24, 2.45) is 0 Å². The zero-order chi connectivity index (χ0) is 10.6. The van der Waals surface area contributed by atoms with Crippen molar-refractivity contribution in [1.82, 2.24) is 0 Å². The number of aryl methyl sites for hydroxylation is 1. The third-order valence-electron chi connectivity index (χ3n) is 1.87. The van der Waals surface area contributed by atoms with E-state index in [9.17, 15) is 13.6 Å². The fourth-order valence-corrected chi connectivity index (χ4v) is 1.63. The van der Waals surface area contributed by atoms with Gasteiger partial charge in [-0.25, -0.2) is 8.78 Å². The predicted octanol–water partition coefficient (Wildman–Crippen LogP) is 3.52. The van der Waals surface area contributed by atoms with Gasteiger partial charge < -0.3 is 4.79 Å². The van der Waals surface area contributed by atoms with E-state index in [0.29, 0.717) is 12.0 Å². The van der Waals surface area contributed by atoms with Gasteiger partial charge in [0.15, 0.2) is 0 Å². The summed E-state index contributed by atoms with van der Waals surface area (Å²) in [5.74, 6) is 0. The maximum absolute atomic E-state index is 12.5. The fourth-order valence-electron chi connectivity index (χ4n) is 1.22. The van der Waals surface area contributed by atoms with E-state index in [1.807, 2.05) is 0 Å². The minimum absolute atomic E-state index is 0.00931. The minimum Gasteiger partial charge on any atom is -0.303 e. The molecule has 0 amide bonds. The van der Waals surface area contributed by atoms with Gasteiger partial charge in [0.2, 0.25) is 0 Å². The lowest BCUT2D eigenvalue weighted by Crippen LogP contribution is -1.95. The first kappa shape index (κ1) is 11.3. The molecule has 0 aliphatic carbocycles. The van der Waals surface area contributed by atoms with Crippen molar-refractivity contribution in [3.05, 3.63) is 33.8 Å². The number of alkyl halides is 2. The monoisotopic (exact) mass is 262 g/mol. The molecule has 0 saturated heterocycles. The Morgan fingerprint density at radius 3 is 2.71 bits per heavy atom. The first-order valence-electron chi connectivity index (χ1n) is 4.15. The molecule has 0 heterocycles. The normalized spacial score (nSPS) is 10.6. The number of aldehydes is 1. The van der Waals surface area contributed by atoms with Crippen LogP contribution in [0.1, 0.15) is 24.0 Å². The highest BCUT2D eigenvalue weighted by molar-refractivity contribution is 9.10. The molecule has 14 heavy (non-hydrogen) atoms. The third kappa shape index (κ3) is 2.87. The SMILES string of the molecule is O=CCCc1cc(Br)ccc1C(F)F. The molecule has 0 aliphatic rings. The van der Waals surface area contributed by atoms with Gasteiger partial charge in [-0.2, -0.15) is 0 Å². The number of carbonyl (C=O) groups excluding carboxylic acids is 1. The van der Waals surface area contributed by atoms with Crippen LogP contribution in [0.5, 0.6) is 0 Å². The number of rotatable bonds is 4. The van der Waals surface area contributed by atoms with Crippen LogP contribution in [0.2, 0.25) is 0 Å². The molecular formula is C10H9BrF2O. The maximum Gasteiger partial charge on any atom is 0.264 e. The summed E-state index contributed by atoms with van der Waals surface area (Å²) in [7, 11) is 0. The molecule has 76 valence electrons. The summed E-state index contributed by atoms with van der Waals surface area (Å²) in [5, 5.41) is 0. The summed E-state index contributed by atoms with van der Waals surface area (Å²) < 4.78 is 25.7. The number of hydrogen-bond donors (Lipinski definition) is 0. The summed E-state index contributed by atoms with van der Waals surface area (Å²) in [6, 6.07) is 4.59. The first-order valence-corrected chi connectivity index (χ1v) is 4.94. The van der Waals surface area contributed by atoms with Crippen LogP contribution < -0.4 is 0 Å². The Balaban J connectivity index is 2.96. The van der Waals surface area contributed by atoms with E-state index < -0.39 is 6.43 Å². The second-order valence-corrected chi connectivity index (χ2v) is 3.76. The highest BCUT2D eigenvalue weighted by Gasteiger charge is 2.12. The summed E-state index contributed by atoms with van der Waals surface area (Å²) in [6.07, 6.45) is -1.11. The Kier molecular flexibility index (Phi) is 4.20. The maximum atomic E-state index is 12.5. The topological polar surface area (TPSA) is 17.1 Å². The van der Waals surface area contributed by atoms with Crippen molar-refractivity contribution >= 4 is 22.2 Å². The van der Waals surface area contributed by atoms with Gasteiger partial charge >= 0.3 is 0 Å². The minimum atomic E-state index is -2.48. The Bertz CT molecular complexity index is 326. The molecule has 0 aromatic heterocycles. The van der Waals surface area contributed by atoms with Crippen LogP contribution in [0.15, 0.2) is 22.7 Å². The van der Waals surface area contributed by atoms with Gasteiger partial charge in [0.05, 0.1) is 0 Å². The molecule has 4 heteroatoms. The molecule has 0 bridgehead atoms. The van der Waals surface area contributed by atoms with Crippen LogP contribution in [-0.2, 0) is 11.2 Å².